The van der Waals surface area contributed by atoms with Crippen LogP contribution in [0.25, 0.3) is 0 Å². The first-order valence-electron chi connectivity index (χ1n) is 32.8. The number of aliphatic hydroxyl groups is 3. The van der Waals surface area contributed by atoms with E-state index in [9.17, 15) is 25.5 Å². The van der Waals surface area contributed by atoms with Gasteiger partial charge in [-0.2, -0.15) is 0 Å². The number of allylic oxidation sites excluding steroid dienone is 2. The number of phenolic OH excluding ortho intramolecular Hbond substituents is 2. The zero-order valence-electron chi connectivity index (χ0n) is 50.1. The van der Waals surface area contributed by atoms with E-state index < -0.39 is 12.2 Å². The number of benzene rings is 2. The Morgan fingerprint density at radius 2 is 1.73 bits per heavy atom. The predicted molar refractivity (Wildman–Crippen MR) is 338 cm³/mol. The maximum Gasteiger partial charge on any atom is 0.189 e. The average Bonchev–Trinajstić information content (AvgIpc) is 2.26. The first-order valence-corrected chi connectivity index (χ1v) is 35.3. The molecule has 5 saturated carbocycles. The van der Waals surface area contributed by atoms with Crippen molar-refractivity contribution in [3.05, 3.63) is 112 Å². The Morgan fingerprint density at radius 3 is 2.56 bits per heavy atom. The number of nitrogens with zero attached hydrogens (tertiary/aromatic N) is 1. The molecular formula is C69H98N6O7S2. The SMILES string of the molecule is CC(O)CNCC1c2cc(C(O)COc3cc(CCc4cc(CO)c(CCC5CCC6C7CSSCC(N=C(N)NC8CCCC(c9cccc(O)c9)C8)C(C)CCC6C(C5)CC7N)o4)ccc3O)[nH]c2C2C=CC13CCCC3C21CCCC1. The van der Waals surface area contributed by atoms with E-state index in [1.54, 1.807) is 12.1 Å². The van der Waals surface area contributed by atoms with E-state index in [-0.39, 0.29) is 53.8 Å². The lowest BCUT2D eigenvalue weighted by molar-refractivity contribution is 0.0440. The quantitative estimate of drug-likeness (QED) is 0.0194. The van der Waals surface area contributed by atoms with Crippen molar-refractivity contribution in [2.75, 3.05) is 31.2 Å². The average molecular weight is 1190 g/mol. The summed E-state index contributed by atoms with van der Waals surface area (Å²) < 4.78 is 12.9. The van der Waals surface area contributed by atoms with Crippen LogP contribution < -0.4 is 26.8 Å². The van der Waals surface area contributed by atoms with Crippen molar-refractivity contribution in [1.29, 1.82) is 0 Å². The minimum atomic E-state index is -0.920. The number of phenols is 2. The van der Waals surface area contributed by atoms with Crippen LogP contribution in [-0.2, 0) is 25.9 Å². The lowest BCUT2D eigenvalue weighted by Crippen LogP contribution is -2.47. The molecule has 8 aliphatic carbocycles. The molecular weight excluding hydrogens is 1090 g/mol. The highest BCUT2D eigenvalue weighted by molar-refractivity contribution is 8.76. The van der Waals surface area contributed by atoms with Gasteiger partial charge in [0.05, 0.1) is 18.8 Å². The largest absolute Gasteiger partial charge is 0.508 e. The van der Waals surface area contributed by atoms with Crippen molar-refractivity contribution < 1.29 is 34.7 Å². The molecule has 16 atom stereocenters. The number of aliphatic imine (C=N–C) groups is 1. The minimum Gasteiger partial charge on any atom is -0.508 e. The van der Waals surface area contributed by atoms with Crippen LogP contribution in [0, 0.1) is 52.3 Å². The van der Waals surface area contributed by atoms with Crippen LogP contribution in [0.1, 0.15) is 198 Å². The summed E-state index contributed by atoms with van der Waals surface area (Å²) in [7, 11) is 3.95. The van der Waals surface area contributed by atoms with Gasteiger partial charge in [0.15, 0.2) is 17.5 Å². The van der Waals surface area contributed by atoms with Crippen LogP contribution >= 0.6 is 21.6 Å². The molecule has 13 rings (SSSR count). The number of hydrogen-bond donors (Lipinski definition) is 10. The van der Waals surface area contributed by atoms with Gasteiger partial charge in [-0.25, -0.2) is 4.99 Å². The lowest BCUT2D eigenvalue weighted by Gasteiger charge is -2.52. The van der Waals surface area contributed by atoms with Gasteiger partial charge in [-0.05, 0) is 208 Å². The van der Waals surface area contributed by atoms with Gasteiger partial charge in [0.1, 0.15) is 30.0 Å². The molecule has 2 aromatic carbocycles. The zero-order valence-corrected chi connectivity index (χ0v) is 51.7. The second kappa shape index (κ2) is 26.3. The number of hydrogen-bond acceptors (Lipinski definition) is 12. The maximum atomic E-state index is 11.8. The van der Waals surface area contributed by atoms with Crippen LogP contribution in [0.3, 0.4) is 0 Å². The third-order valence-corrected chi connectivity index (χ3v) is 25.3. The minimum absolute atomic E-state index is 0.00730. The third kappa shape index (κ3) is 12.6. The highest BCUT2D eigenvalue weighted by Crippen LogP contribution is 2.72. The maximum absolute atomic E-state index is 11.8. The topological polar surface area (TPSA) is 228 Å². The first-order chi connectivity index (χ1) is 40.8. The Hall–Kier alpha value is -4.09. The van der Waals surface area contributed by atoms with Gasteiger partial charge in [0.2, 0.25) is 0 Å². The standard InChI is InChI=1S/C69H98N6O7S2/c1-41-13-19-52-47-28-43(15-20-53(52)55(58(70)33-47)39-83-84-40-60(41)75-67(71)73-49-10-5-8-45(30-49)46-9-6-11-50(78)31-46)17-22-63-48(37-76)32-51(82-63)18-14-44-16-21-61(79)64(29-44)81-38-62(80)59-34-54-57(36-72-35-42(2)77)69-26-7-12-65(69)68(24-3-4-25-68)56(23-27-69)66(54)74-59/h6,9,11,16,21,23,27,29,31-32,34,41-43,45,47,49,52-53,55-58,60,62,65,72,74,76-80H,3-5,7-8,10,12-15,17-20,22,24-26,28,30,33,35-40,70H2,1-2H3,(H3,71,73,75). The molecule has 1 saturated heterocycles. The number of furan rings is 1. The Kier molecular flexibility index (Phi) is 18.9. The Bertz CT molecular complexity index is 2920. The zero-order chi connectivity index (χ0) is 58.1. The van der Waals surface area contributed by atoms with E-state index in [2.05, 4.69) is 46.8 Å². The summed E-state index contributed by atoms with van der Waals surface area (Å²) in [5, 5.41) is 61.1. The first kappa shape index (κ1) is 60.2. The van der Waals surface area contributed by atoms with Crippen molar-refractivity contribution in [2.45, 2.75) is 203 Å². The van der Waals surface area contributed by atoms with Crippen LogP contribution in [0.4, 0.5) is 0 Å². The molecule has 12 N–H and O–H groups in total. The number of aromatic hydroxyl groups is 2. The van der Waals surface area contributed by atoms with Gasteiger partial charge in [-0.15, -0.1) is 0 Å². The number of ether oxygens (including phenoxy) is 1. The molecule has 458 valence electrons. The fourth-order valence-corrected chi connectivity index (χ4v) is 21.5. The van der Waals surface area contributed by atoms with Gasteiger partial charge in [0.25, 0.3) is 0 Å². The molecule has 84 heavy (non-hydrogen) atoms. The molecule has 0 radical (unpaired) electrons. The Balaban J connectivity index is 0.650. The summed E-state index contributed by atoms with van der Waals surface area (Å²) >= 11 is 0. The third-order valence-electron chi connectivity index (χ3n) is 22.8. The number of aliphatic hydroxyl groups excluding tert-OH is 3. The van der Waals surface area contributed by atoms with Gasteiger partial charge in [-0.3, -0.25) is 0 Å². The van der Waals surface area contributed by atoms with Crippen molar-refractivity contribution in [3.8, 4) is 17.2 Å². The smallest absolute Gasteiger partial charge is 0.189 e. The number of aryl methyl sites for hydroxylation is 3. The van der Waals surface area contributed by atoms with Gasteiger partial charge in [-0.1, -0.05) is 91.0 Å². The summed E-state index contributed by atoms with van der Waals surface area (Å²) in [5.74, 6) is 10.0. The van der Waals surface area contributed by atoms with E-state index in [0.29, 0.717) is 90.1 Å². The Labute approximate surface area is 507 Å². The molecule has 15 heteroatoms. The number of aromatic nitrogens is 1. The van der Waals surface area contributed by atoms with Gasteiger partial charge >= 0.3 is 0 Å². The highest BCUT2D eigenvalue weighted by atomic mass is 33.1. The van der Waals surface area contributed by atoms with Crippen molar-refractivity contribution in [2.24, 2.45) is 68.7 Å². The number of H-pyrrole nitrogens is 1. The second-order valence-electron chi connectivity index (χ2n) is 27.8. The van der Waals surface area contributed by atoms with Crippen LogP contribution in [0.5, 0.6) is 17.2 Å². The highest BCUT2D eigenvalue weighted by Gasteiger charge is 2.63. The number of guanidine groups is 1. The molecule has 1 aliphatic heterocycles. The van der Waals surface area contributed by atoms with E-state index in [4.69, 9.17) is 25.6 Å². The predicted octanol–water partition coefficient (Wildman–Crippen LogP) is 12.2. The van der Waals surface area contributed by atoms with Crippen molar-refractivity contribution in [3.63, 3.8) is 0 Å². The van der Waals surface area contributed by atoms with Crippen LogP contribution in [0.15, 0.2) is 76.2 Å². The molecule has 0 amide bonds. The van der Waals surface area contributed by atoms with Gasteiger partial charge in [0, 0.05) is 78.3 Å². The summed E-state index contributed by atoms with van der Waals surface area (Å²) in [5.41, 5.74) is 20.6. The summed E-state index contributed by atoms with van der Waals surface area (Å²) in [6.07, 6.45) is 27.0. The molecule has 2 spiro atoms. The summed E-state index contributed by atoms with van der Waals surface area (Å²) in [6.45, 7) is 5.50. The second-order valence-corrected chi connectivity index (χ2v) is 30.4. The van der Waals surface area contributed by atoms with Crippen molar-refractivity contribution in [1.82, 2.24) is 15.6 Å². The van der Waals surface area contributed by atoms with Crippen LogP contribution in [-0.4, -0.2) is 91.9 Å². The Morgan fingerprint density at radius 1 is 0.881 bits per heavy atom. The molecule has 9 aliphatic rings. The van der Waals surface area contributed by atoms with E-state index >= 15 is 0 Å². The number of nitrogens with two attached hydrogens (primary N) is 2. The number of nitrogens with one attached hydrogen (secondary N) is 3. The molecule has 13 nitrogen and oxygen atoms in total. The summed E-state index contributed by atoms with van der Waals surface area (Å²) in [4.78, 5) is 9.01. The van der Waals surface area contributed by atoms with Gasteiger partial charge < -0.3 is 61.8 Å². The fourth-order valence-electron chi connectivity index (χ4n) is 18.7. The molecule has 4 aromatic rings. The van der Waals surface area contributed by atoms with Crippen molar-refractivity contribution >= 4 is 27.5 Å². The molecule has 6 fully saturated rings. The van der Waals surface area contributed by atoms with E-state index in [1.165, 1.54) is 87.4 Å². The normalized spacial score (nSPS) is 33.6. The molecule has 3 heterocycles. The monoisotopic (exact) mass is 1190 g/mol. The lowest BCUT2D eigenvalue weighted by atomic mass is 9.52. The molecule has 2 aromatic heterocycles. The molecule has 16 unspecified atom stereocenters. The van der Waals surface area contributed by atoms with E-state index in [1.807, 2.05) is 58.8 Å². The molecule has 6 bridgehead atoms. The number of rotatable bonds is 18. The fraction of sp³-hybridized carbons (Fsp3) is 0.667. The van der Waals surface area contributed by atoms with Crippen LogP contribution in [0.2, 0.25) is 0 Å². The summed E-state index contributed by atoms with van der Waals surface area (Å²) in [6, 6.07) is 18.1. The number of aromatic amines is 1. The van der Waals surface area contributed by atoms with E-state index in [0.717, 1.165) is 97.8 Å².